The number of anilines is 1. The molecule has 4 aromatic rings. The van der Waals surface area contributed by atoms with Gasteiger partial charge in [0.15, 0.2) is 0 Å². The molecular formula is C27H28N4O2. The molecule has 0 aliphatic heterocycles. The monoisotopic (exact) mass is 440 g/mol. The molecule has 2 aromatic carbocycles. The second-order valence-electron chi connectivity index (χ2n) is 8.48. The number of benzene rings is 2. The molecule has 0 spiro atoms. The Labute approximate surface area is 193 Å². The molecule has 0 bridgehead atoms. The predicted molar refractivity (Wildman–Crippen MR) is 131 cm³/mol. The summed E-state index contributed by atoms with van der Waals surface area (Å²) >= 11 is 0. The van der Waals surface area contributed by atoms with Gasteiger partial charge in [-0.3, -0.25) is 9.59 Å². The van der Waals surface area contributed by atoms with Gasteiger partial charge in [0.05, 0.1) is 23.9 Å². The molecule has 0 saturated heterocycles. The van der Waals surface area contributed by atoms with E-state index < -0.39 is 0 Å². The van der Waals surface area contributed by atoms with Crippen LogP contribution < -0.4 is 10.6 Å². The normalized spacial score (nSPS) is 11.9. The number of rotatable bonds is 6. The summed E-state index contributed by atoms with van der Waals surface area (Å²) in [5.74, 6) is -0.193. The van der Waals surface area contributed by atoms with E-state index in [2.05, 4.69) is 29.7 Å². The van der Waals surface area contributed by atoms with Crippen LogP contribution in [0, 0.1) is 13.8 Å². The smallest absolute Gasteiger partial charge is 0.226 e. The van der Waals surface area contributed by atoms with Gasteiger partial charge in [-0.25, -0.2) is 4.98 Å². The molecule has 0 saturated carbocycles. The molecule has 33 heavy (non-hydrogen) atoms. The first-order chi connectivity index (χ1) is 15.8. The average molecular weight is 441 g/mol. The molecule has 2 N–H and O–H groups in total. The third kappa shape index (κ3) is 5.12. The number of fused-ring (bicyclic) bond motifs is 1. The lowest BCUT2D eigenvalue weighted by atomic mass is 10.1. The Morgan fingerprint density at radius 2 is 1.61 bits per heavy atom. The van der Waals surface area contributed by atoms with Crippen molar-refractivity contribution in [2.24, 2.45) is 0 Å². The van der Waals surface area contributed by atoms with E-state index in [0.29, 0.717) is 0 Å². The quantitative estimate of drug-likeness (QED) is 0.443. The number of imidazole rings is 1. The summed E-state index contributed by atoms with van der Waals surface area (Å²) in [7, 11) is 0. The zero-order valence-electron chi connectivity index (χ0n) is 19.3. The number of nitrogens with zero attached hydrogens (tertiary/aromatic N) is 2. The van der Waals surface area contributed by atoms with Crippen molar-refractivity contribution in [3.63, 3.8) is 0 Å². The summed E-state index contributed by atoms with van der Waals surface area (Å²) in [6, 6.07) is 19.5. The molecule has 6 nitrogen and oxygen atoms in total. The molecule has 168 valence electrons. The van der Waals surface area contributed by atoms with Gasteiger partial charge in [0.1, 0.15) is 5.65 Å². The van der Waals surface area contributed by atoms with Gasteiger partial charge < -0.3 is 15.0 Å². The highest BCUT2D eigenvalue weighted by molar-refractivity contribution is 5.88. The van der Waals surface area contributed by atoms with Gasteiger partial charge in [-0.1, -0.05) is 48.0 Å². The van der Waals surface area contributed by atoms with Gasteiger partial charge in [0.2, 0.25) is 11.8 Å². The molecule has 1 unspecified atom stereocenters. The number of aryl methyl sites for hydroxylation is 2. The molecule has 0 aliphatic rings. The number of hydrogen-bond donors (Lipinski definition) is 2. The van der Waals surface area contributed by atoms with E-state index in [1.54, 1.807) is 0 Å². The number of aromatic nitrogens is 2. The number of carbonyl (C=O) groups is 2. The first-order valence-electron chi connectivity index (χ1n) is 11.0. The molecule has 1 atom stereocenters. The third-order valence-corrected chi connectivity index (χ3v) is 5.63. The fraction of sp³-hybridized carbons (Fsp3) is 0.222. The Morgan fingerprint density at radius 3 is 2.27 bits per heavy atom. The summed E-state index contributed by atoms with van der Waals surface area (Å²) in [5, 5.41) is 5.85. The van der Waals surface area contributed by atoms with Crippen LogP contribution in [0.4, 0.5) is 5.69 Å². The van der Waals surface area contributed by atoms with Crippen LogP contribution >= 0.6 is 0 Å². The lowest BCUT2D eigenvalue weighted by Gasteiger charge is -2.15. The lowest BCUT2D eigenvalue weighted by molar-refractivity contribution is -0.121. The van der Waals surface area contributed by atoms with Crippen LogP contribution in [-0.2, 0) is 16.0 Å². The van der Waals surface area contributed by atoms with E-state index in [1.807, 2.05) is 73.0 Å². The van der Waals surface area contributed by atoms with Gasteiger partial charge in [-0.2, -0.15) is 0 Å². The van der Waals surface area contributed by atoms with Crippen molar-refractivity contribution in [1.82, 2.24) is 14.7 Å². The number of nitrogens with one attached hydrogen (secondary N) is 2. The maximum Gasteiger partial charge on any atom is 0.226 e. The van der Waals surface area contributed by atoms with Crippen molar-refractivity contribution < 1.29 is 9.59 Å². The maximum absolute atomic E-state index is 13.1. The Hall–Kier alpha value is -3.93. The fourth-order valence-electron chi connectivity index (χ4n) is 3.90. The molecule has 2 heterocycles. The van der Waals surface area contributed by atoms with E-state index in [-0.39, 0.29) is 24.3 Å². The molecular weight excluding hydrogens is 412 g/mol. The van der Waals surface area contributed by atoms with E-state index in [1.165, 1.54) is 12.5 Å². The highest BCUT2D eigenvalue weighted by Crippen LogP contribution is 2.26. The van der Waals surface area contributed by atoms with Gasteiger partial charge in [-0.15, -0.1) is 0 Å². The van der Waals surface area contributed by atoms with Gasteiger partial charge >= 0.3 is 0 Å². The largest absolute Gasteiger partial charge is 0.349 e. The van der Waals surface area contributed by atoms with Crippen molar-refractivity contribution in [3.8, 4) is 11.3 Å². The first kappa shape index (κ1) is 22.3. The summed E-state index contributed by atoms with van der Waals surface area (Å²) < 4.78 is 2.01. The van der Waals surface area contributed by atoms with Crippen molar-refractivity contribution in [1.29, 1.82) is 0 Å². The Balaban J connectivity index is 1.58. The molecule has 0 fully saturated rings. The summed E-state index contributed by atoms with van der Waals surface area (Å²) in [6.45, 7) is 7.50. The number of amides is 2. The van der Waals surface area contributed by atoms with Crippen LogP contribution in [0.15, 0.2) is 66.9 Å². The summed E-state index contributed by atoms with van der Waals surface area (Å²) in [6.07, 6.45) is 2.23. The second-order valence-corrected chi connectivity index (χ2v) is 8.48. The topological polar surface area (TPSA) is 75.5 Å². The Kier molecular flexibility index (Phi) is 6.27. The predicted octanol–water partition coefficient (Wildman–Crippen LogP) is 5.00. The molecule has 4 rings (SSSR count). The minimum absolute atomic E-state index is 0.0786. The minimum Gasteiger partial charge on any atom is -0.349 e. The maximum atomic E-state index is 13.1. The van der Waals surface area contributed by atoms with Crippen molar-refractivity contribution in [2.45, 2.75) is 40.2 Å². The van der Waals surface area contributed by atoms with Crippen LogP contribution in [0.25, 0.3) is 16.9 Å². The molecule has 2 aromatic heterocycles. The molecule has 0 aliphatic carbocycles. The van der Waals surface area contributed by atoms with E-state index >= 15 is 0 Å². The molecule has 6 heteroatoms. The van der Waals surface area contributed by atoms with Crippen LogP contribution in [0.2, 0.25) is 0 Å². The zero-order valence-corrected chi connectivity index (χ0v) is 19.3. The van der Waals surface area contributed by atoms with Crippen molar-refractivity contribution >= 4 is 23.1 Å². The number of hydrogen-bond acceptors (Lipinski definition) is 3. The third-order valence-electron chi connectivity index (χ3n) is 5.63. The van der Waals surface area contributed by atoms with E-state index in [9.17, 15) is 9.59 Å². The average Bonchev–Trinajstić information content (AvgIpc) is 3.11. The Morgan fingerprint density at radius 1 is 0.939 bits per heavy atom. The van der Waals surface area contributed by atoms with E-state index in [4.69, 9.17) is 4.98 Å². The first-order valence-corrected chi connectivity index (χ1v) is 11.0. The molecule has 2 amide bonds. The van der Waals surface area contributed by atoms with Crippen molar-refractivity contribution in [2.75, 3.05) is 5.32 Å². The summed E-state index contributed by atoms with van der Waals surface area (Å²) in [4.78, 5) is 29.1. The van der Waals surface area contributed by atoms with Crippen LogP contribution in [-0.4, -0.2) is 21.2 Å². The van der Waals surface area contributed by atoms with Crippen LogP contribution in [0.3, 0.4) is 0 Å². The fourth-order valence-corrected chi connectivity index (χ4v) is 3.90. The second kappa shape index (κ2) is 9.28. The number of carbonyl (C=O) groups excluding carboxylic acids is 2. The van der Waals surface area contributed by atoms with Crippen LogP contribution in [0.5, 0.6) is 0 Å². The van der Waals surface area contributed by atoms with Crippen LogP contribution in [0.1, 0.15) is 42.3 Å². The molecule has 0 radical (unpaired) electrons. The van der Waals surface area contributed by atoms with E-state index in [0.717, 1.165) is 39.4 Å². The van der Waals surface area contributed by atoms with Gasteiger partial charge in [0, 0.05) is 24.4 Å². The summed E-state index contributed by atoms with van der Waals surface area (Å²) in [5.41, 5.74) is 7.47. The lowest BCUT2D eigenvalue weighted by Crippen LogP contribution is -2.28. The highest BCUT2D eigenvalue weighted by Gasteiger charge is 2.19. The van der Waals surface area contributed by atoms with Gasteiger partial charge in [-0.05, 0) is 50.1 Å². The highest BCUT2D eigenvalue weighted by atomic mass is 16.2. The van der Waals surface area contributed by atoms with Gasteiger partial charge in [0.25, 0.3) is 0 Å². The zero-order chi connectivity index (χ0) is 23.5. The minimum atomic E-state index is -0.173. The SMILES string of the molecule is CC(=O)Nc1ccc(C(C)NC(=O)Cc2c(-c3ccc(C)cc3)nc3ccc(C)cn23)cc1. The number of pyridine rings is 1. The standard InChI is InChI=1S/C27H28N4O2/c1-17-5-8-22(9-6-17)27-24(31-16-18(2)7-14-25(31)30-27)15-26(33)28-19(3)21-10-12-23(13-11-21)29-20(4)32/h5-14,16,19H,15H2,1-4H3,(H,28,33)(H,29,32). The van der Waals surface area contributed by atoms with Crippen molar-refractivity contribution in [3.05, 3.63) is 89.2 Å². The Bertz CT molecular complexity index is 1300.